The highest BCUT2D eigenvalue weighted by Crippen LogP contribution is 2.24. The largest absolute Gasteiger partial charge is 0.399 e. The second-order valence-corrected chi connectivity index (χ2v) is 4.96. The smallest absolute Gasteiger partial charge is 0.0426 e. The predicted molar refractivity (Wildman–Crippen MR) is 79.2 cm³/mol. The normalized spacial score (nSPS) is 10.4. The van der Waals surface area contributed by atoms with Gasteiger partial charge in [0.2, 0.25) is 0 Å². The molecule has 3 heteroatoms. The first-order chi connectivity index (χ1) is 8.56. The fourth-order valence-electron chi connectivity index (χ4n) is 1.98. The Balaban J connectivity index is 2.18. The minimum Gasteiger partial charge on any atom is -0.399 e. The zero-order valence-corrected chi connectivity index (χ0v) is 11.4. The number of benzene rings is 2. The van der Waals surface area contributed by atoms with Gasteiger partial charge < -0.3 is 10.6 Å². The number of hydrogen-bond donors (Lipinski definition) is 1. The molecule has 2 N–H and O–H groups in total. The minimum atomic E-state index is 0.764. The molecule has 94 valence electrons. The van der Waals surface area contributed by atoms with Gasteiger partial charge in [0, 0.05) is 30.0 Å². The van der Waals surface area contributed by atoms with Gasteiger partial charge in [-0.05, 0) is 42.3 Å². The van der Waals surface area contributed by atoms with Gasteiger partial charge in [-0.15, -0.1) is 0 Å². The van der Waals surface area contributed by atoms with E-state index in [0.29, 0.717) is 0 Å². The van der Waals surface area contributed by atoms with Crippen molar-refractivity contribution >= 4 is 23.0 Å². The molecule has 0 atom stereocenters. The molecule has 0 saturated heterocycles. The Kier molecular flexibility index (Phi) is 3.78. The summed E-state index contributed by atoms with van der Waals surface area (Å²) in [4.78, 5) is 2.19. The molecule has 0 spiro atoms. The molecule has 0 bridgehead atoms. The Morgan fingerprint density at radius 1 is 1.11 bits per heavy atom. The van der Waals surface area contributed by atoms with Gasteiger partial charge in [-0.3, -0.25) is 0 Å². The first kappa shape index (κ1) is 12.8. The van der Waals surface area contributed by atoms with Crippen LogP contribution in [-0.2, 0) is 6.54 Å². The van der Waals surface area contributed by atoms with Crippen LogP contribution >= 0.6 is 11.6 Å². The van der Waals surface area contributed by atoms with Gasteiger partial charge in [0.1, 0.15) is 0 Å². The Bertz CT molecular complexity index is 535. The van der Waals surface area contributed by atoms with Crippen LogP contribution in [0.5, 0.6) is 0 Å². The Hall–Kier alpha value is -1.67. The molecule has 2 aromatic carbocycles. The van der Waals surface area contributed by atoms with E-state index in [4.69, 9.17) is 17.3 Å². The fourth-order valence-corrected chi connectivity index (χ4v) is 2.14. The van der Waals surface area contributed by atoms with Crippen LogP contribution in [0.2, 0.25) is 5.02 Å². The summed E-state index contributed by atoms with van der Waals surface area (Å²) in [5.74, 6) is 0. The third-order valence-corrected chi connectivity index (χ3v) is 3.22. The van der Waals surface area contributed by atoms with Crippen LogP contribution in [0, 0.1) is 6.92 Å². The molecule has 18 heavy (non-hydrogen) atoms. The van der Waals surface area contributed by atoms with Crippen LogP contribution in [0.1, 0.15) is 11.1 Å². The van der Waals surface area contributed by atoms with Crippen molar-refractivity contribution in [3.63, 3.8) is 0 Å². The van der Waals surface area contributed by atoms with E-state index in [-0.39, 0.29) is 0 Å². The van der Waals surface area contributed by atoms with E-state index in [2.05, 4.69) is 18.9 Å². The third kappa shape index (κ3) is 2.96. The Morgan fingerprint density at radius 3 is 2.44 bits per heavy atom. The van der Waals surface area contributed by atoms with Gasteiger partial charge in [-0.2, -0.15) is 0 Å². The average molecular weight is 261 g/mol. The maximum absolute atomic E-state index is 6.04. The summed E-state index contributed by atoms with van der Waals surface area (Å²) in [5, 5.41) is 0.764. The monoisotopic (exact) mass is 260 g/mol. The number of nitrogens with zero attached hydrogens (tertiary/aromatic N) is 1. The number of rotatable bonds is 3. The number of nitrogens with two attached hydrogens (primary N) is 1. The highest BCUT2D eigenvalue weighted by molar-refractivity contribution is 6.30. The van der Waals surface area contributed by atoms with Crippen LogP contribution in [-0.4, -0.2) is 7.05 Å². The van der Waals surface area contributed by atoms with E-state index in [0.717, 1.165) is 22.9 Å². The van der Waals surface area contributed by atoms with Gasteiger partial charge in [-0.25, -0.2) is 0 Å². The highest BCUT2D eigenvalue weighted by atomic mass is 35.5. The topological polar surface area (TPSA) is 29.3 Å². The summed E-state index contributed by atoms with van der Waals surface area (Å²) in [6.07, 6.45) is 0. The van der Waals surface area contributed by atoms with Gasteiger partial charge in [-0.1, -0.05) is 29.8 Å². The zero-order valence-electron chi connectivity index (χ0n) is 10.7. The van der Waals surface area contributed by atoms with Crippen molar-refractivity contribution in [1.82, 2.24) is 0 Å². The van der Waals surface area contributed by atoms with E-state index >= 15 is 0 Å². The Morgan fingerprint density at radius 2 is 1.78 bits per heavy atom. The maximum atomic E-state index is 6.04. The van der Waals surface area contributed by atoms with E-state index in [9.17, 15) is 0 Å². The van der Waals surface area contributed by atoms with Crippen LogP contribution in [0.3, 0.4) is 0 Å². The first-order valence-electron chi connectivity index (χ1n) is 5.88. The molecule has 0 saturated carbocycles. The highest BCUT2D eigenvalue weighted by Gasteiger charge is 2.06. The molecular formula is C15H17ClN2. The molecule has 2 aromatic rings. The van der Waals surface area contributed by atoms with E-state index < -0.39 is 0 Å². The summed E-state index contributed by atoms with van der Waals surface area (Å²) in [7, 11) is 2.06. The molecule has 2 rings (SSSR count). The molecule has 0 aliphatic heterocycles. The number of hydrogen-bond acceptors (Lipinski definition) is 2. The molecule has 0 aliphatic carbocycles. The molecule has 0 heterocycles. The molecule has 0 radical (unpaired) electrons. The lowest BCUT2D eigenvalue weighted by atomic mass is 10.1. The molecule has 0 amide bonds. The van der Waals surface area contributed by atoms with E-state index in [1.165, 1.54) is 11.1 Å². The van der Waals surface area contributed by atoms with Gasteiger partial charge >= 0.3 is 0 Å². The number of halogens is 1. The quantitative estimate of drug-likeness (QED) is 0.849. The van der Waals surface area contributed by atoms with Gasteiger partial charge in [0.15, 0.2) is 0 Å². The summed E-state index contributed by atoms with van der Waals surface area (Å²) in [6.45, 7) is 2.92. The lowest BCUT2D eigenvalue weighted by Gasteiger charge is -2.22. The average Bonchev–Trinajstić information content (AvgIpc) is 2.35. The predicted octanol–water partition coefficient (Wildman–Crippen LogP) is 3.87. The SMILES string of the molecule is Cc1ccc(Cl)cc1N(C)Cc1ccc(N)cc1. The standard InChI is InChI=1S/C15H17ClN2/c1-11-3-6-13(16)9-15(11)18(2)10-12-4-7-14(17)8-5-12/h3-9H,10,17H2,1-2H3. The molecule has 0 aliphatic rings. The fraction of sp³-hybridized carbons (Fsp3) is 0.200. The van der Waals surface area contributed by atoms with Gasteiger partial charge in [0.25, 0.3) is 0 Å². The molecular weight excluding hydrogens is 244 g/mol. The van der Waals surface area contributed by atoms with Crippen molar-refractivity contribution in [2.75, 3.05) is 17.7 Å². The summed E-state index contributed by atoms with van der Waals surface area (Å²) >= 11 is 6.04. The molecule has 0 fully saturated rings. The number of anilines is 2. The summed E-state index contributed by atoms with van der Waals surface area (Å²) < 4.78 is 0. The number of nitrogen functional groups attached to an aromatic ring is 1. The maximum Gasteiger partial charge on any atom is 0.0426 e. The second kappa shape index (κ2) is 5.32. The van der Waals surface area contributed by atoms with Crippen LogP contribution in [0.4, 0.5) is 11.4 Å². The van der Waals surface area contributed by atoms with E-state index in [1.54, 1.807) is 0 Å². The van der Waals surface area contributed by atoms with Crippen molar-refractivity contribution in [2.24, 2.45) is 0 Å². The van der Waals surface area contributed by atoms with Crippen LogP contribution in [0.25, 0.3) is 0 Å². The van der Waals surface area contributed by atoms with Crippen molar-refractivity contribution in [3.8, 4) is 0 Å². The van der Waals surface area contributed by atoms with Crippen molar-refractivity contribution < 1.29 is 0 Å². The summed E-state index contributed by atoms with van der Waals surface area (Å²) in [5.41, 5.74) is 10.1. The van der Waals surface area contributed by atoms with Crippen molar-refractivity contribution in [2.45, 2.75) is 13.5 Å². The van der Waals surface area contributed by atoms with Crippen molar-refractivity contribution in [3.05, 3.63) is 58.6 Å². The lowest BCUT2D eigenvalue weighted by Crippen LogP contribution is -2.17. The van der Waals surface area contributed by atoms with E-state index in [1.807, 2.05) is 42.5 Å². The molecule has 0 aromatic heterocycles. The first-order valence-corrected chi connectivity index (χ1v) is 6.26. The number of aryl methyl sites for hydroxylation is 1. The van der Waals surface area contributed by atoms with Crippen molar-refractivity contribution in [1.29, 1.82) is 0 Å². The molecule has 2 nitrogen and oxygen atoms in total. The third-order valence-electron chi connectivity index (χ3n) is 2.98. The zero-order chi connectivity index (χ0) is 13.1. The minimum absolute atomic E-state index is 0.764. The van der Waals surface area contributed by atoms with Gasteiger partial charge in [0.05, 0.1) is 0 Å². The van der Waals surface area contributed by atoms with Crippen LogP contribution in [0.15, 0.2) is 42.5 Å². The van der Waals surface area contributed by atoms with Crippen LogP contribution < -0.4 is 10.6 Å². The Labute approximate surface area is 113 Å². The molecule has 0 unspecified atom stereocenters. The summed E-state index contributed by atoms with van der Waals surface area (Å²) in [6, 6.07) is 13.9. The second-order valence-electron chi connectivity index (χ2n) is 4.53. The lowest BCUT2D eigenvalue weighted by molar-refractivity contribution is 0.918.